The number of hydrogen-bond donors (Lipinski definition) is 1. The van der Waals surface area contributed by atoms with Crippen LogP contribution < -0.4 is 10.1 Å². The van der Waals surface area contributed by atoms with E-state index in [4.69, 9.17) is 4.74 Å². The van der Waals surface area contributed by atoms with E-state index in [2.05, 4.69) is 9.88 Å². The van der Waals surface area contributed by atoms with Crippen LogP contribution in [0.5, 0.6) is 5.75 Å². The summed E-state index contributed by atoms with van der Waals surface area (Å²) in [5.41, 5.74) is 3.88. The molecule has 5 nitrogen and oxygen atoms in total. The van der Waals surface area contributed by atoms with Crippen molar-refractivity contribution in [3.63, 3.8) is 0 Å². The summed E-state index contributed by atoms with van der Waals surface area (Å²) in [4.78, 5) is 14.7. The van der Waals surface area contributed by atoms with Crippen LogP contribution in [-0.4, -0.2) is 48.7 Å². The molecule has 0 saturated carbocycles. The first-order chi connectivity index (χ1) is 11.1. The molecular weight excluding hydrogens is 326 g/mol. The third kappa shape index (κ3) is 3.42. The number of carbonyl (C=O) groups excluding carboxylic acids is 1. The SMILES string of the molecule is COc1ccc(-n2c(C)cc(C(=O)N3CCNCC3)c2C)cc1.Cl. The van der Waals surface area contributed by atoms with Crippen molar-refractivity contribution in [3.05, 3.63) is 47.3 Å². The number of amides is 1. The predicted octanol–water partition coefficient (Wildman–Crippen LogP) is 2.57. The Hall–Kier alpha value is -1.98. The number of nitrogens with one attached hydrogen (secondary N) is 1. The van der Waals surface area contributed by atoms with E-state index in [0.29, 0.717) is 0 Å². The second-order valence-corrected chi connectivity index (χ2v) is 5.86. The van der Waals surface area contributed by atoms with Crippen LogP contribution >= 0.6 is 12.4 Å². The van der Waals surface area contributed by atoms with Crippen LogP contribution in [0.1, 0.15) is 21.7 Å². The van der Waals surface area contributed by atoms with E-state index >= 15 is 0 Å². The van der Waals surface area contributed by atoms with Gasteiger partial charge in [0.05, 0.1) is 12.7 Å². The number of nitrogens with zero attached hydrogens (tertiary/aromatic N) is 2. The molecule has 3 rings (SSSR count). The smallest absolute Gasteiger partial charge is 0.255 e. The van der Waals surface area contributed by atoms with Gasteiger partial charge in [0.15, 0.2) is 0 Å². The minimum atomic E-state index is 0. The highest BCUT2D eigenvalue weighted by Crippen LogP contribution is 2.23. The number of benzene rings is 1. The van der Waals surface area contributed by atoms with Crippen molar-refractivity contribution >= 4 is 18.3 Å². The van der Waals surface area contributed by atoms with Crippen molar-refractivity contribution in [3.8, 4) is 11.4 Å². The van der Waals surface area contributed by atoms with Crippen LogP contribution in [0.25, 0.3) is 5.69 Å². The maximum Gasteiger partial charge on any atom is 0.255 e. The first-order valence-corrected chi connectivity index (χ1v) is 7.95. The number of aromatic nitrogens is 1. The second kappa shape index (κ2) is 7.73. The minimum absolute atomic E-state index is 0. The molecule has 1 amide bonds. The Morgan fingerprint density at radius 1 is 1.12 bits per heavy atom. The van der Waals surface area contributed by atoms with Gasteiger partial charge in [-0.3, -0.25) is 4.79 Å². The van der Waals surface area contributed by atoms with E-state index < -0.39 is 0 Å². The van der Waals surface area contributed by atoms with Crippen molar-refractivity contribution in [2.24, 2.45) is 0 Å². The topological polar surface area (TPSA) is 46.5 Å². The maximum atomic E-state index is 12.8. The Bertz CT molecular complexity index is 704. The van der Waals surface area contributed by atoms with Gasteiger partial charge in [-0.05, 0) is 44.2 Å². The summed E-state index contributed by atoms with van der Waals surface area (Å²) in [7, 11) is 1.66. The molecule has 0 atom stereocenters. The molecule has 6 heteroatoms. The molecule has 0 spiro atoms. The number of hydrogen-bond acceptors (Lipinski definition) is 3. The number of ether oxygens (including phenoxy) is 1. The quantitative estimate of drug-likeness (QED) is 0.926. The maximum absolute atomic E-state index is 12.8. The molecule has 1 N–H and O–H groups in total. The molecular formula is C18H24ClN3O2. The monoisotopic (exact) mass is 349 g/mol. The van der Waals surface area contributed by atoms with Gasteiger partial charge in [0.1, 0.15) is 5.75 Å². The molecule has 1 aliphatic heterocycles. The molecule has 0 bridgehead atoms. The van der Waals surface area contributed by atoms with Crippen molar-refractivity contribution in [2.75, 3.05) is 33.3 Å². The average molecular weight is 350 g/mol. The van der Waals surface area contributed by atoms with Gasteiger partial charge < -0.3 is 19.5 Å². The highest BCUT2D eigenvalue weighted by Gasteiger charge is 2.22. The van der Waals surface area contributed by atoms with E-state index in [1.807, 2.05) is 49.1 Å². The summed E-state index contributed by atoms with van der Waals surface area (Å²) in [6, 6.07) is 9.89. The third-order valence-corrected chi connectivity index (χ3v) is 4.40. The molecule has 1 aliphatic rings. The van der Waals surface area contributed by atoms with Gasteiger partial charge in [-0.15, -0.1) is 12.4 Å². The Kier molecular flexibility index (Phi) is 5.91. The molecule has 0 unspecified atom stereocenters. The lowest BCUT2D eigenvalue weighted by molar-refractivity contribution is 0.0735. The fraction of sp³-hybridized carbons (Fsp3) is 0.389. The summed E-state index contributed by atoms with van der Waals surface area (Å²) in [6.07, 6.45) is 0. The zero-order chi connectivity index (χ0) is 16.4. The molecule has 2 aromatic rings. The number of halogens is 1. The van der Waals surface area contributed by atoms with Gasteiger partial charge in [0.25, 0.3) is 5.91 Å². The lowest BCUT2D eigenvalue weighted by atomic mass is 10.2. The van der Waals surface area contributed by atoms with Gasteiger partial charge >= 0.3 is 0 Å². The van der Waals surface area contributed by atoms with Crippen LogP contribution in [0.15, 0.2) is 30.3 Å². The van der Waals surface area contributed by atoms with Crippen LogP contribution in [0.2, 0.25) is 0 Å². The van der Waals surface area contributed by atoms with Gasteiger partial charge in [-0.2, -0.15) is 0 Å². The lowest BCUT2D eigenvalue weighted by Gasteiger charge is -2.27. The molecule has 0 radical (unpaired) electrons. The fourth-order valence-corrected chi connectivity index (χ4v) is 3.15. The van der Waals surface area contributed by atoms with Crippen molar-refractivity contribution in [1.82, 2.24) is 14.8 Å². The molecule has 2 heterocycles. The highest BCUT2D eigenvalue weighted by molar-refractivity contribution is 5.96. The third-order valence-electron chi connectivity index (χ3n) is 4.40. The van der Waals surface area contributed by atoms with Crippen molar-refractivity contribution < 1.29 is 9.53 Å². The van der Waals surface area contributed by atoms with E-state index in [1.54, 1.807) is 7.11 Å². The molecule has 24 heavy (non-hydrogen) atoms. The van der Waals surface area contributed by atoms with Crippen LogP contribution in [-0.2, 0) is 0 Å². The number of aryl methyl sites for hydroxylation is 1. The number of methoxy groups -OCH3 is 1. The van der Waals surface area contributed by atoms with Gasteiger partial charge in [-0.1, -0.05) is 0 Å². The zero-order valence-electron chi connectivity index (χ0n) is 14.3. The highest BCUT2D eigenvalue weighted by atomic mass is 35.5. The second-order valence-electron chi connectivity index (χ2n) is 5.86. The largest absolute Gasteiger partial charge is 0.497 e. The van der Waals surface area contributed by atoms with Gasteiger partial charge in [0, 0.05) is 43.3 Å². The Morgan fingerprint density at radius 2 is 1.75 bits per heavy atom. The fourth-order valence-electron chi connectivity index (χ4n) is 3.15. The Balaban J connectivity index is 0.00000208. The first-order valence-electron chi connectivity index (χ1n) is 7.95. The van der Waals surface area contributed by atoms with E-state index in [0.717, 1.165) is 54.6 Å². The number of piperazine rings is 1. The standard InChI is InChI=1S/C18H23N3O2.ClH/c1-13-12-17(18(22)20-10-8-19-9-11-20)14(2)21(13)15-4-6-16(23-3)7-5-15;/h4-7,12,19H,8-11H2,1-3H3;1H. The Labute approximate surface area is 149 Å². The Morgan fingerprint density at radius 3 is 2.33 bits per heavy atom. The summed E-state index contributed by atoms with van der Waals surface area (Å²) >= 11 is 0. The van der Waals surface area contributed by atoms with E-state index in [-0.39, 0.29) is 18.3 Å². The summed E-state index contributed by atoms with van der Waals surface area (Å²) in [5, 5.41) is 3.28. The molecule has 1 saturated heterocycles. The van der Waals surface area contributed by atoms with Crippen LogP contribution in [0.3, 0.4) is 0 Å². The van der Waals surface area contributed by atoms with Crippen molar-refractivity contribution in [1.29, 1.82) is 0 Å². The molecule has 130 valence electrons. The normalized spacial score (nSPS) is 14.2. The first kappa shape index (κ1) is 18.4. The minimum Gasteiger partial charge on any atom is -0.497 e. The van der Waals surface area contributed by atoms with Crippen molar-refractivity contribution in [2.45, 2.75) is 13.8 Å². The zero-order valence-corrected chi connectivity index (χ0v) is 15.2. The van der Waals surface area contributed by atoms with Crippen LogP contribution in [0.4, 0.5) is 0 Å². The van der Waals surface area contributed by atoms with E-state index in [9.17, 15) is 4.79 Å². The summed E-state index contributed by atoms with van der Waals surface area (Å²) in [6.45, 7) is 7.31. The van der Waals surface area contributed by atoms with Crippen LogP contribution in [0, 0.1) is 13.8 Å². The van der Waals surface area contributed by atoms with E-state index in [1.165, 1.54) is 0 Å². The summed E-state index contributed by atoms with van der Waals surface area (Å²) in [5.74, 6) is 0.952. The number of rotatable bonds is 3. The molecule has 0 aliphatic carbocycles. The molecule has 1 aromatic carbocycles. The lowest BCUT2D eigenvalue weighted by Crippen LogP contribution is -2.46. The molecule has 1 aromatic heterocycles. The molecule has 1 fully saturated rings. The predicted molar refractivity (Wildman–Crippen MR) is 97.8 cm³/mol. The number of carbonyl (C=O) groups is 1. The van der Waals surface area contributed by atoms with Gasteiger partial charge in [0.2, 0.25) is 0 Å². The summed E-state index contributed by atoms with van der Waals surface area (Å²) < 4.78 is 7.33. The van der Waals surface area contributed by atoms with Gasteiger partial charge in [-0.25, -0.2) is 0 Å². The average Bonchev–Trinajstić information content (AvgIpc) is 2.89.